The first-order valence-corrected chi connectivity index (χ1v) is 9.47. The molecule has 2 nitrogen and oxygen atoms in total. The van der Waals surface area contributed by atoms with Crippen LogP contribution in [0.5, 0.6) is 0 Å². The second-order valence-electron chi connectivity index (χ2n) is 6.59. The van der Waals surface area contributed by atoms with Crippen molar-refractivity contribution in [3.8, 4) is 0 Å². The molecule has 0 radical (unpaired) electrons. The van der Waals surface area contributed by atoms with Gasteiger partial charge in [-0.2, -0.15) is 11.8 Å². The molecule has 0 spiro atoms. The van der Waals surface area contributed by atoms with Crippen LogP contribution in [0.1, 0.15) is 43.6 Å². The van der Waals surface area contributed by atoms with Crippen molar-refractivity contribution < 1.29 is 5.11 Å². The molecule has 1 saturated heterocycles. The van der Waals surface area contributed by atoms with Crippen LogP contribution in [0.2, 0.25) is 0 Å². The molecule has 2 fully saturated rings. The molecule has 1 heterocycles. The van der Waals surface area contributed by atoms with Gasteiger partial charge in [0.25, 0.3) is 0 Å². The van der Waals surface area contributed by atoms with E-state index in [0.717, 1.165) is 24.8 Å². The molecule has 0 aromatic heterocycles. The number of nitrogens with one attached hydrogen (secondary N) is 1. The minimum atomic E-state index is 0.219. The molecule has 0 amide bonds. The Kier molecular flexibility index (Phi) is 5.25. The molecule has 3 heteroatoms. The summed E-state index contributed by atoms with van der Waals surface area (Å²) in [6.07, 6.45) is 5.98. The molecule has 1 saturated carbocycles. The lowest BCUT2D eigenvalue weighted by Crippen LogP contribution is -2.49. The van der Waals surface area contributed by atoms with Gasteiger partial charge in [0.2, 0.25) is 0 Å². The Labute approximate surface area is 132 Å². The summed E-state index contributed by atoms with van der Waals surface area (Å²) in [4.78, 5) is 0. The third-order valence-electron chi connectivity index (χ3n) is 5.21. The number of rotatable bonds is 7. The zero-order valence-corrected chi connectivity index (χ0v) is 13.6. The van der Waals surface area contributed by atoms with E-state index in [2.05, 4.69) is 47.4 Å². The van der Waals surface area contributed by atoms with Gasteiger partial charge in [-0.3, -0.25) is 0 Å². The van der Waals surface area contributed by atoms with E-state index in [9.17, 15) is 5.11 Å². The standard InChI is InChI=1S/C18H27NOS/c20-11-7-18(8-12-21-13-9-18)19-10-6-16-14-17(16)15-4-2-1-3-5-15/h1-5,16-17,19-20H,6-14H2/t16-,17+/m1/s1. The van der Waals surface area contributed by atoms with Crippen LogP contribution in [0.15, 0.2) is 30.3 Å². The van der Waals surface area contributed by atoms with Gasteiger partial charge in [0.05, 0.1) is 0 Å². The highest BCUT2D eigenvalue weighted by molar-refractivity contribution is 7.99. The summed E-state index contributed by atoms with van der Waals surface area (Å²) in [5, 5.41) is 13.2. The molecule has 1 aromatic carbocycles. The minimum absolute atomic E-state index is 0.219. The predicted molar refractivity (Wildman–Crippen MR) is 90.9 cm³/mol. The van der Waals surface area contributed by atoms with Crippen molar-refractivity contribution in [1.82, 2.24) is 5.32 Å². The van der Waals surface area contributed by atoms with Crippen LogP contribution in [-0.2, 0) is 0 Å². The second-order valence-corrected chi connectivity index (χ2v) is 7.82. The average molecular weight is 305 g/mol. The molecule has 2 atom stereocenters. The molecular formula is C18H27NOS. The van der Waals surface area contributed by atoms with Crippen molar-refractivity contribution in [1.29, 1.82) is 0 Å². The van der Waals surface area contributed by atoms with E-state index in [1.807, 2.05) is 0 Å². The Bertz CT molecular complexity index is 425. The summed E-state index contributed by atoms with van der Waals surface area (Å²) >= 11 is 2.05. The first-order valence-electron chi connectivity index (χ1n) is 8.32. The van der Waals surface area contributed by atoms with E-state index in [0.29, 0.717) is 6.61 Å². The largest absolute Gasteiger partial charge is 0.396 e. The van der Waals surface area contributed by atoms with E-state index >= 15 is 0 Å². The van der Waals surface area contributed by atoms with Crippen LogP contribution in [0, 0.1) is 5.92 Å². The highest BCUT2D eigenvalue weighted by atomic mass is 32.2. The third-order valence-corrected chi connectivity index (χ3v) is 6.19. The van der Waals surface area contributed by atoms with E-state index in [1.54, 1.807) is 0 Å². The molecule has 0 unspecified atom stereocenters. The van der Waals surface area contributed by atoms with E-state index in [4.69, 9.17) is 0 Å². The lowest BCUT2D eigenvalue weighted by atomic mass is 9.88. The van der Waals surface area contributed by atoms with Crippen LogP contribution in [-0.4, -0.2) is 35.3 Å². The van der Waals surface area contributed by atoms with Crippen LogP contribution in [0.4, 0.5) is 0 Å². The smallest absolute Gasteiger partial charge is 0.0448 e. The van der Waals surface area contributed by atoms with Gasteiger partial charge in [-0.1, -0.05) is 30.3 Å². The van der Waals surface area contributed by atoms with Crippen molar-refractivity contribution in [2.45, 2.75) is 43.6 Å². The Balaban J connectivity index is 1.44. The SMILES string of the molecule is OCCC1(NCC[C@@H]2C[C@H]2c2ccccc2)CCSCC1. The van der Waals surface area contributed by atoms with Crippen molar-refractivity contribution in [3.05, 3.63) is 35.9 Å². The normalized spacial score (nSPS) is 27.5. The summed E-state index contributed by atoms with van der Waals surface area (Å²) in [6.45, 7) is 1.42. The monoisotopic (exact) mass is 305 g/mol. The Hall–Kier alpha value is -0.510. The topological polar surface area (TPSA) is 32.3 Å². The Morgan fingerprint density at radius 1 is 1.19 bits per heavy atom. The minimum Gasteiger partial charge on any atom is -0.396 e. The van der Waals surface area contributed by atoms with Crippen molar-refractivity contribution in [3.63, 3.8) is 0 Å². The maximum atomic E-state index is 9.35. The van der Waals surface area contributed by atoms with Crippen LogP contribution in [0.25, 0.3) is 0 Å². The fraction of sp³-hybridized carbons (Fsp3) is 0.667. The van der Waals surface area contributed by atoms with Crippen molar-refractivity contribution >= 4 is 11.8 Å². The van der Waals surface area contributed by atoms with Gasteiger partial charge >= 0.3 is 0 Å². The summed E-state index contributed by atoms with van der Waals surface area (Å²) in [5.41, 5.74) is 1.73. The van der Waals surface area contributed by atoms with Gasteiger partial charge in [0, 0.05) is 12.1 Å². The van der Waals surface area contributed by atoms with Gasteiger partial charge in [-0.25, -0.2) is 0 Å². The highest BCUT2D eigenvalue weighted by Crippen LogP contribution is 2.49. The zero-order chi connectivity index (χ0) is 14.5. The van der Waals surface area contributed by atoms with Gasteiger partial charge in [0.1, 0.15) is 0 Å². The summed E-state index contributed by atoms with van der Waals surface area (Å²) < 4.78 is 0. The fourth-order valence-corrected chi connectivity index (χ4v) is 4.96. The average Bonchev–Trinajstić information content (AvgIpc) is 3.29. The molecule has 21 heavy (non-hydrogen) atoms. The Morgan fingerprint density at radius 2 is 1.95 bits per heavy atom. The first kappa shape index (κ1) is 15.4. The van der Waals surface area contributed by atoms with Gasteiger partial charge < -0.3 is 10.4 Å². The summed E-state index contributed by atoms with van der Waals surface area (Å²) in [6, 6.07) is 10.9. The number of benzene rings is 1. The summed E-state index contributed by atoms with van der Waals surface area (Å²) in [7, 11) is 0. The molecule has 1 aliphatic carbocycles. The Morgan fingerprint density at radius 3 is 2.67 bits per heavy atom. The molecule has 1 aromatic rings. The molecule has 116 valence electrons. The predicted octanol–water partition coefficient (Wildman–Crippen LogP) is 3.42. The number of aliphatic hydroxyl groups excluding tert-OH is 1. The van der Waals surface area contributed by atoms with E-state index < -0.39 is 0 Å². The maximum Gasteiger partial charge on any atom is 0.0448 e. The molecule has 0 bridgehead atoms. The second kappa shape index (κ2) is 7.17. The van der Waals surface area contributed by atoms with Crippen molar-refractivity contribution in [2.24, 2.45) is 5.92 Å². The number of thioether (sulfide) groups is 1. The molecule has 1 aliphatic heterocycles. The van der Waals surface area contributed by atoms with E-state index in [1.165, 1.54) is 42.8 Å². The van der Waals surface area contributed by atoms with Gasteiger partial charge in [-0.15, -0.1) is 0 Å². The third kappa shape index (κ3) is 4.02. The lowest BCUT2D eigenvalue weighted by molar-refractivity contribution is 0.197. The zero-order valence-electron chi connectivity index (χ0n) is 12.8. The van der Waals surface area contributed by atoms with Gasteiger partial charge in [-0.05, 0) is 67.6 Å². The van der Waals surface area contributed by atoms with Gasteiger partial charge in [0.15, 0.2) is 0 Å². The van der Waals surface area contributed by atoms with Crippen molar-refractivity contribution in [2.75, 3.05) is 24.7 Å². The lowest BCUT2D eigenvalue weighted by Gasteiger charge is -2.38. The fourth-order valence-electron chi connectivity index (χ4n) is 3.69. The molecule has 3 rings (SSSR count). The maximum absolute atomic E-state index is 9.35. The summed E-state index contributed by atoms with van der Waals surface area (Å²) in [5.74, 6) is 4.14. The number of aliphatic hydroxyl groups is 1. The van der Waals surface area contributed by atoms with Crippen LogP contribution in [0.3, 0.4) is 0 Å². The molecular weight excluding hydrogens is 278 g/mol. The van der Waals surface area contributed by atoms with Crippen LogP contribution < -0.4 is 5.32 Å². The molecule has 2 N–H and O–H groups in total. The molecule has 2 aliphatic rings. The quantitative estimate of drug-likeness (QED) is 0.809. The highest BCUT2D eigenvalue weighted by Gasteiger charge is 2.38. The van der Waals surface area contributed by atoms with Crippen LogP contribution >= 0.6 is 11.8 Å². The number of hydrogen-bond acceptors (Lipinski definition) is 3. The number of hydrogen-bond donors (Lipinski definition) is 2. The first-order chi connectivity index (χ1) is 10.3. The van der Waals surface area contributed by atoms with E-state index in [-0.39, 0.29) is 5.54 Å².